The van der Waals surface area contributed by atoms with Gasteiger partial charge < -0.3 is 56.1 Å². The van der Waals surface area contributed by atoms with Gasteiger partial charge in [-0.05, 0) is 0 Å². The molecule has 18 heteroatoms. The fourth-order valence-corrected chi connectivity index (χ4v) is 3.22. The van der Waals surface area contributed by atoms with Gasteiger partial charge in [-0.1, -0.05) is 0 Å². The number of hydrogen-bond donors (Lipinski definition) is 7. The number of aromatic nitrogens is 2. The molecule has 0 saturated heterocycles. The van der Waals surface area contributed by atoms with Crippen molar-refractivity contribution in [2.75, 3.05) is 23.0 Å². The molecule has 3 heterocycles. The first-order valence-corrected chi connectivity index (χ1v) is 13.1. The number of nitrogens with zero attached hydrogens (tertiary/aromatic N) is 1. The summed E-state index contributed by atoms with van der Waals surface area (Å²) < 4.78 is 45.5. The second-order valence-electron chi connectivity index (χ2n) is 5.22. The average molecular weight is 626 g/mol. The number of aromatic amines is 1. The molecule has 3 rings (SSSR count). The van der Waals surface area contributed by atoms with Crippen LogP contribution in [-0.4, -0.2) is 48.5 Å². The molecule has 8 N–H and O–H groups in total. The van der Waals surface area contributed by atoms with Crippen LogP contribution in [0.5, 0.6) is 0 Å². The van der Waals surface area contributed by atoms with Gasteiger partial charge in [0.05, 0.1) is 18.8 Å². The molecule has 28 heavy (non-hydrogen) atoms. The van der Waals surface area contributed by atoms with E-state index in [9.17, 15) is 9.36 Å². The van der Waals surface area contributed by atoms with Crippen molar-refractivity contribution in [3.05, 3.63) is 20.2 Å². The van der Waals surface area contributed by atoms with Crippen LogP contribution in [0.2, 0.25) is 0 Å². The normalized spacial score (nSPS) is 23.3. The second kappa shape index (κ2) is 9.07. The number of ether oxygens (including phenoxy) is 1. The van der Waals surface area contributed by atoms with E-state index >= 15 is 0 Å². The first kappa shape index (κ1) is 23.1. The summed E-state index contributed by atoms with van der Waals surface area (Å²) in [6, 6.07) is -0.627. The molecule has 0 bridgehead atoms. The Morgan fingerprint density at radius 2 is 1.89 bits per heavy atom. The van der Waals surface area contributed by atoms with E-state index in [0.717, 1.165) is 0 Å². The molecule has 0 amide bonds. The Balaban J connectivity index is 0.000000640. The zero-order valence-electron chi connectivity index (χ0n) is 13.4. The summed E-state index contributed by atoms with van der Waals surface area (Å²) in [6.07, 6.45) is -1.70. The molecule has 0 spiro atoms. The summed E-state index contributed by atoms with van der Waals surface area (Å²) in [4.78, 5) is 36.3. The number of phosphoric ester groups is 1. The number of rotatable bonds is 3. The monoisotopic (exact) mass is 626 g/mol. The van der Waals surface area contributed by atoms with Crippen molar-refractivity contribution in [1.82, 2.24) is 9.97 Å². The topological polar surface area (TPSA) is 226 Å². The molecule has 157 valence electrons. The van der Waals surface area contributed by atoms with Crippen molar-refractivity contribution in [3.8, 4) is 0 Å². The molecule has 1 aromatic heterocycles. The third-order valence-electron chi connectivity index (χ3n) is 3.34. The Morgan fingerprint density at radius 3 is 2.46 bits per heavy atom. The maximum atomic E-state index is 11.9. The van der Waals surface area contributed by atoms with E-state index in [2.05, 4.69) is 25.1 Å². The molecule has 2 aliphatic heterocycles. The Kier molecular flexibility index (Phi) is 7.47. The number of fused-ring (bicyclic) bond motifs is 2. The van der Waals surface area contributed by atoms with Gasteiger partial charge in [0.2, 0.25) is 5.95 Å². The molecule has 3 atom stereocenters. The van der Waals surface area contributed by atoms with E-state index in [1.54, 1.807) is 0 Å². The van der Waals surface area contributed by atoms with Crippen molar-refractivity contribution in [2.24, 2.45) is 0 Å². The van der Waals surface area contributed by atoms with Gasteiger partial charge in [0, 0.05) is 0 Å². The average Bonchev–Trinajstić information content (AvgIpc) is 2.54. The number of phosphoric acid groups is 1. The fraction of sp³-hybridized carbons (Fsp3) is 0.400. The molecule has 0 aromatic carbocycles. The van der Waals surface area contributed by atoms with Gasteiger partial charge in [0.1, 0.15) is 5.69 Å². The van der Waals surface area contributed by atoms with Crippen LogP contribution in [0.4, 0.5) is 17.5 Å². The van der Waals surface area contributed by atoms with Crippen LogP contribution in [0, 0.1) is 0 Å². The maximum absolute atomic E-state index is 11.9. The van der Waals surface area contributed by atoms with Gasteiger partial charge >= 0.3 is 36.0 Å². The first-order valence-electron chi connectivity index (χ1n) is 7.04. The van der Waals surface area contributed by atoms with Crippen molar-refractivity contribution in [3.63, 3.8) is 0 Å². The van der Waals surface area contributed by atoms with Crippen molar-refractivity contribution in [2.45, 2.75) is 18.4 Å². The van der Waals surface area contributed by atoms with Gasteiger partial charge in [-0.15, -0.1) is 0 Å². The number of anilines is 3. The standard InChI is InChI=1S/C10H14N5O6PS2.H2O.2O.W/c11-10-14-7-4(8(16)15-10)12-3-6(24)5(23)2(21-9(3)13-7)1-20-22(17,18)19;;;;/h2-3,9,12,23-24H,1H2,(H2,17,18,19)(H4,11,13,14,15,16);1H2;;;/q;;;;+1/p-3/t2-,3+,9-;;;;/m1..../s1. The van der Waals surface area contributed by atoms with E-state index in [1.165, 1.54) is 0 Å². The molecule has 0 fully saturated rings. The van der Waals surface area contributed by atoms with Crippen LogP contribution in [0.25, 0.3) is 0 Å². The van der Waals surface area contributed by atoms with Gasteiger partial charge in [-0.25, -0.2) is 4.57 Å². The molecule has 14 nitrogen and oxygen atoms in total. The number of nitrogen functional groups attached to an aromatic ring is 1. The van der Waals surface area contributed by atoms with Crippen LogP contribution < -0.4 is 21.9 Å². The number of nitrogens with two attached hydrogens (primary N) is 1. The zero-order valence-corrected chi connectivity index (χ0v) is 18.9. The van der Waals surface area contributed by atoms with Gasteiger partial charge in [-0.3, -0.25) is 14.3 Å². The van der Waals surface area contributed by atoms with Gasteiger partial charge in [-0.2, -0.15) is 14.8 Å². The van der Waals surface area contributed by atoms with Gasteiger partial charge in [0.25, 0.3) is 5.56 Å². The molecular weight excluding hydrogens is 613 g/mol. The molecule has 0 radical (unpaired) electrons. The Labute approximate surface area is 173 Å². The Bertz CT molecular complexity index is 955. The predicted octanol–water partition coefficient (Wildman–Crippen LogP) is -2.10. The van der Waals surface area contributed by atoms with Crippen LogP contribution in [0.15, 0.2) is 14.6 Å². The molecule has 0 unspecified atom stereocenters. The fourth-order valence-electron chi connectivity index (χ4n) is 2.32. The summed E-state index contributed by atoms with van der Waals surface area (Å²) >= 11 is 6.42. The van der Waals surface area contributed by atoms with Crippen LogP contribution in [-0.2, 0) is 63.5 Å². The number of nitrogens with one attached hydrogen (secondary N) is 3. The molecule has 0 saturated carbocycles. The van der Waals surface area contributed by atoms with Crippen LogP contribution in [0.1, 0.15) is 0 Å². The summed E-state index contributed by atoms with van der Waals surface area (Å²) in [6.45, 7) is -0.466. The summed E-state index contributed by atoms with van der Waals surface area (Å²) in [5, 5.41) is 5.76. The molecule has 2 aliphatic rings. The quantitative estimate of drug-likeness (QED) is 0.141. The van der Waals surface area contributed by atoms with E-state index in [-0.39, 0.29) is 27.3 Å². The van der Waals surface area contributed by atoms with Crippen LogP contribution >= 0.6 is 7.82 Å². The minimum absolute atomic E-state index is 0.0817. The summed E-state index contributed by atoms with van der Waals surface area (Å²) in [5.74, 6) is 0.0876. The SMILES string of the molecule is Nc1nc2c(c(=O)[nH]1)N[C@H]1C([S-])=C([S-])[C@@H](COP(=O)(O)O)O[C@H]1N2.[O]=[W](=[O])[OH]. The zero-order chi connectivity index (χ0) is 21.2. The van der Waals surface area contributed by atoms with Crippen molar-refractivity contribution in [1.29, 1.82) is 0 Å². The van der Waals surface area contributed by atoms with Crippen molar-refractivity contribution < 1.29 is 51.8 Å². The third-order valence-corrected chi connectivity index (χ3v) is 4.91. The Hall–Kier alpha value is -1.22. The minimum atomic E-state index is -4.67. The second-order valence-corrected chi connectivity index (χ2v) is 8.90. The molecule has 0 aliphatic carbocycles. The van der Waals surface area contributed by atoms with Crippen molar-refractivity contribution >= 4 is 50.5 Å². The van der Waals surface area contributed by atoms with Gasteiger partial charge in [0.15, 0.2) is 12.0 Å². The van der Waals surface area contributed by atoms with E-state index < -0.39 is 56.0 Å². The van der Waals surface area contributed by atoms with E-state index in [1.807, 2.05) is 0 Å². The predicted molar refractivity (Wildman–Crippen MR) is 92.3 cm³/mol. The number of hydrogen-bond acceptors (Lipinski definition) is 12. The Morgan fingerprint density at radius 1 is 1.29 bits per heavy atom. The summed E-state index contributed by atoms with van der Waals surface area (Å²) in [5.41, 5.74) is 5.15. The molecular formula is C10H13N5O9PS2W-2. The first-order chi connectivity index (χ1) is 12.9. The summed E-state index contributed by atoms with van der Waals surface area (Å²) in [7, 11) is -4.67. The van der Waals surface area contributed by atoms with E-state index in [0.29, 0.717) is 0 Å². The molecule has 1 aromatic rings. The van der Waals surface area contributed by atoms with Crippen LogP contribution in [0.3, 0.4) is 0 Å². The van der Waals surface area contributed by atoms with E-state index in [4.69, 9.17) is 56.1 Å². The number of H-pyrrole nitrogens is 1. The third kappa shape index (κ3) is 5.89.